The van der Waals surface area contributed by atoms with Crippen LogP contribution in [0.4, 0.5) is 0 Å². The van der Waals surface area contributed by atoms with Crippen LogP contribution in [0.15, 0.2) is 24.3 Å². The molecule has 0 radical (unpaired) electrons. The van der Waals surface area contributed by atoms with Crippen LogP contribution >= 0.6 is 0 Å². The fourth-order valence-electron chi connectivity index (χ4n) is 0.872. The molecule has 9 heteroatoms. The first-order chi connectivity index (χ1) is 11.0. The first-order valence-electron chi connectivity index (χ1n) is 7.20. The normalized spacial score (nSPS) is 10.2. The van der Waals surface area contributed by atoms with Gasteiger partial charge in [-0.2, -0.15) is 0 Å². The molecule has 138 valence electrons. The van der Waals surface area contributed by atoms with Crippen molar-refractivity contribution in [3.05, 3.63) is 24.3 Å². The molecule has 0 aromatic heterocycles. The van der Waals surface area contributed by atoms with Gasteiger partial charge in [0.1, 0.15) is 0 Å². The van der Waals surface area contributed by atoms with Gasteiger partial charge in [-0.05, 0) is 11.8 Å². The largest absolute Gasteiger partial charge is 0.478 e. The summed E-state index contributed by atoms with van der Waals surface area (Å²) in [7, 11) is 0. The number of hydrogen-bond acceptors (Lipinski definition) is 6. The van der Waals surface area contributed by atoms with Crippen molar-refractivity contribution in [3.63, 3.8) is 0 Å². The Morgan fingerprint density at radius 1 is 0.720 bits per heavy atom. The van der Waals surface area contributed by atoms with Gasteiger partial charge in [0.25, 0.3) is 0 Å². The zero-order chi connectivity index (χ0) is 19.1. The topological polar surface area (TPSA) is 127 Å². The van der Waals surface area contributed by atoms with Crippen LogP contribution in [0, 0.1) is 11.8 Å². The quantitative estimate of drug-likeness (QED) is 0.352. The smallest absolute Gasteiger partial charge is 0.331 e. The standard InChI is InChI=1S/2C8H12O4.Zn/c2*1-6(2)5-12-8(11)4-3-7(9)10;/h2*3-4,6H,5H2,1-2H3,(H,9,10);. The van der Waals surface area contributed by atoms with Crippen molar-refractivity contribution >= 4 is 23.9 Å². The van der Waals surface area contributed by atoms with Crippen molar-refractivity contribution in [1.82, 2.24) is 0 Å². The molecule has 2 N–H and O–H groups in total. The Labute approximate surface area is 159 Å². The third-order valence-corrected chi connectivity index (χ3v) is 1.84. The molecule has 0 atom stereocenters. The van der Waals surface area contributed by atoms with Gasteiger partial charge in [0, 0.05) is 43.8 Å². The molecule has 0 aromatic carbocycles. The Balaban J connectivity index is -0.000000372. The van der Waals surface area contributed by atoms with Gasteiger partial charge in [-0.1, -0.05) is 27.7 Å². The second-order valence-electron chi connectivity index (χ2n) is 5.39. The first kappa shape index (κ1) is 27.8. The van der Waals surface area contributed by atoms with Gasteiger partial charge in [-0.15, -0.1) is 0 Å². The van der Waals surface area contributed by atoms with E-state index in [1.54, 1.807) is 0 Å². The number of esters is 2. The molecule has 0 unspecified atom stereocenters. The Bertz CT molecular complexity index is 437. The number of ether oxygens (including phenoxy) is 2. The van der Waals surface area contributed by atoms with E-state index in [1.165, 1.54) is 0 Å². The number of carbonyl (C=O) groups excluding carboxylic acids is 2. The SMILES string of the molecule is CC(C)COC(=O)C=CC(=O)O.CC(C)COC(=O)C=CC(=O)O.[Zn]. The number of carbonyl (C=O) groups is 4. The van der Waals surface area contributed by atoms with Crippen molar-refractivity contribution in [1.29, 1.82) is 0 Å². The number of aliphatic carboxylic acids is 2. The van der Waals surface area contributed by atoms with Crippen LogP contribution in [0.1, 0.15) is 27.7 Å². The maximum atomic E-state index is 10.7. The summed E-state index contributed by atoms with van der Waals surface area (Å²) >= 11 is 0. The number of carboxylic acid groups (broad SMARTS) is 2. The van der Waals surface area contributed by atoms with Gasteiger partial charge < -0.3 is 19.7 Å². The van der Waals surface area contributed by atoms with Crippen molar-refractivity contribution in [2.45, 2.75) is 27.7 Å². The summed E-state index contributed by atoms with van der Waals surface area (Å²) in [5.41, 5.74) is 0. The summed E-state index contributed by atoms with van der Waals surface area (Å²) in [6.45, 7) is 8.20. The van der Waals surface area contributed by atoms with Crippen molar-refractivity contribution < 1.29 is 58.3 Å². The van der Waals surface area contributed by atoms with Crippen molar-refractivity contribution in [2.75, 3.05) is 13.2 Å². The monoisotopic (exact) mass is 408 g/mol. The summed E-state index contributed by atoms with van der Waals surface area (Å²) in [6, 6.07) is 0. The minimum absolute atomic E-state index is 0. The van der Waals surface area contributed by atoms with Crippen LogP contribution < -0.4 is 0 Å². The maximum Gasteiger partial charge on any atom is 0.331 e. The molecular weight excluding hydrogens is 386 g/mol. The Kier molecular flexibility index (Phi) is 18.7. The first-order valence-corrected chi connectivity index (χ1v) is 7.20. The molecular formula is C16H24O8Zn. The third kappa shape index (κ3) is 27.1. The fraction of sp³-hybridized carbons (Fsp3) is 0.500. The minimum atomic E-state index is -1.16. The van der Waals surface area contributed by atoms with Gasteiger partial charge in [0.2, 0.25) is 0 Å². The van der Waals surface area contributed by atoms with Gasteiger partial charge in [-0.25, -0.2) is 19.2 Å². The van der Waals surface area contributed by atoms with E-state index in [-0.39, 0.29) is 31.3 Å². The molecule has 0 amide bonds. The number of carboxylic acids is 2. The van der Waals surface area contributed by atoms with Crippen LogP contribution in [-0.2, 0) is 48.1 Å². The summed E-state index contributed by atoms with van der Waals surface area (Å²) in [4.78, 5) is 41.3. The molecule has 0 aliphatic carbocycles. The van der Waals surface area contributed by atoms with Crippen LogP contribution in [0.5, 0.6) is 0 Å². The van der Waals surface area contributed by atoms with Gasteiger partial charge in [0.05, 0.1) is 13.2 Å². The van der Waals surface area contributed by atoms with E-state index in [4.69, 9.17) is 10.2 Å². The molecule has 0 aromatic rings. The molecule has 0 heterocycles. The number of rotatable bonds is 8. The van der Waals surface area contributed by atoms with E-state index in [2.05, 4.69) is 9.47 Å². The second kappa shape index (κ2) is 16.8. The van der Waals surface area contributed by atoms with Crippen LogP contribution in [0.25, 0.3) is 0 Å². The average Bonchev–Trinajstić information content (AvgIpc) is 2.47. The Hall–Kier alpha value is -2.02. The number of hydrogen-bond donors (Lipinski definition) is 2. The van der Waals surface area contributed by atoms with Gasteiger partial charge in [0.15, 0.2) is 0 Å². The molecule has 0 aliphatic heterocycles. The molecule has 25 heavy (non-hydrogen) atoms. The van der Waals surface area contributed by atoms with Crippen LogP contribution in [0.3, 0.4) is 0 Å². The molecule has 0 fully saturated rings. The van der Waals surface area contributed by atoms with Crippen LogP contribution in [-0.4, -0.2) is 47.3 Å². The summed E-state index contributed by atoms with van der Waals surface area (Å²) < 4.78 is 9.33. The predicted molar refractivity (Wildman–Crippen MR) is 85.1 cm³/mol. The Morgan fingerprint density at radius 2 is 1.00 bits per heavy atom. The van der Waals surface area contributed by atoms with E-state index in [9.17, 15) is 19.2 Å². The predicted octanol–water partition coefficient (Wildman–Crippen LogP) is 1.65. The fourth-order valence-corrected chi connectivity index (χ4v) is 0.872. The summed E-state index contributed by atoms with van der Waals surface area (Å²) in [6.07, 6.45) is 3.29. The maximum absolute atomic E-state index is 10.7. The van der Waals surface area contributed by atoms with Crippen LogP contribution in [0.2, 0.25) is 0 Å². The van der Waals surface area contributed by atoms with Crippen molar-refractivity contribution in [3.8, 4) is 0 Å². The van der Waals surface area contributed by atoms with Gasteiger partial charge >= 0.3 is 23.9 Å². The minimum Gasteiger partial charge on any atom is -0.478 e. The van der Waals surface area contributed by atoms with E-state index in [0.717, 1.165) is 24.3 Å². The van der Waals surface area contributed by atoms with Crippen molar-refractivity contribution in [2.24, 2.45) is 11.8 Å². The van der Waals surface area contributed by atoms with Gasteiger partial charge in [-0.3, -0.25) is 0 Å². The molecule has 0 saturated carbocycles. The summed E-state index contributed by atoms with van der Waals surface area (Å²) in [5, 5.41) is 16.3. The Morgan fingerprint density at radius 3 is 1.20 bits per heavy atom. The molecule has 0 rings (SSSR count). The van der Waals surface area contributed by atoms with E-state index < -0.39 is 23.9 Å². The third-order valence-electron chi connectivity index (χ3n) is 1.84. The molecule has 0 aliphatic rings. The summed E-state index contributed by atoms with van der Waals surface area (Å²) in [5.74, 6) is -3.04. The van der Waals surface area contributed by atoms with E-state index in [0.29, 0.717) is 13.2 Å². The van der Waals surface area contributed by atoms with E-state index in [1.807, 2.05) is 27.7 Å². The molecule has 0 spiro atoms. The molecule has 0 saturated heterocycles. The zero-order valence-corrected chi connectivity index (χ0v) is 17.9. The second-order valence-corrected chi connectivity index (χ2v) is 5.39. The average molecular weight is 410 g/mol. The zero-order valence-electron chi connectivity index (χ0n) is 14.9. The molecule has 8 nitrogen and oxygen atoms in total. The molecule has 0 bridgehead atoms. The van der Waals surface area contributed by atoms with E-state index >= 15 is 0 Å².